The molecule has 2 atom stereocenters. The second-order valence-electron chi connectivity index (χ2n) is 7.55. The van der Waals surface area contributed by atoms with Crippen molar-refractivity contribution in [2.24, 2.45) is 0 Å². The summed E-state index contributed by atoms with van der Waals surface area (Å²) in [5, 5.41) is 3.88. The Labute approximate surface area is 162 Å². The first-order chi connectivity index (χ1) is 12.3. The quantitative estimate of drug-likeness (QED) is 0.772. The largest absolute Gasteiger partial charge is 0.376 e. The highest BCUT2D eigenvalue weighted by Gasteiger charge is 2.35. The Bertz CT molecular complexity index is 726. The highest BCUT2D eigenvalue weighted by molar-refractivity contribution is 7.91. The molecule has 0 bridgehead atoms. The molecule has 3 rings (SSSR count). The van der Waals surface area contributed by atoms with E-state index in [0.717, 1.165) is 25.1 Å². The fourth-order valence-corrected chi connectivity index (χ4v) is 5.65. The van der Waals surface area contributed by atoms with Crippen LogP contribution >= 0.6 is 12.2 Å². The van der Waals surface area contributed by atoms with Crippen LogP contribution in [0.2, 0.25) is 0 Å². The van der Waals surface area contributed by atoms with E-state index in [2.05, 4.69) is 31.3 Å². The minimum Gasteiger partial charge on any atom is -0.376 e. The average Bonchev–Trinajstić information content (AvgIpc) is 3.22. The zero-order valence-corrected chi connectivity index (χ0v) is 17.1. The molecular weight excluding hydrogens is 368 g/mol. The molecule has 0 spiro atoms. The Balaban J connectivity index is 1.71. The van der Waals surface area contributed by atoms with Gasteiger partial charge >= 0.3 is 0 Å². The van der Waals surface area contributed by atoms with Crippen molar-refractivity contribution >= 4 is 32.9 Å². The molecule has 5 nitrogen and oxygen atoms in total. The van der Waals surface area contributed by atoms with Crippen molar-refractivity contribution in [2.45, 2.75) is 51.2 Å². The molecule has 2 saturated heterocycles. The molecular formula is C19H28N2O3S2. The van der Waals surface area contributed by atoms with Crippen LogP contribution in [0.1, 0.15) is 44.6 Å². The maximum atomic E-state index is 11.9. The third-order valence-electron chi connectivity index (χ3n) is 5.16. The highest BCUT2D eigenvalue weighted by atomic mass is 32.2. The van der Waals surface area contributed by atoms with Crippen LogP contribution in [0.4, 0.5) is 5.69 Å². The number of ether oxygens (including phenoxy) is 1. The van der Waals surface area contributed by atoms with Gasteiger partial charge in [0.15, 0.2) is 14.9 Å². The molecule has 1 aromatic carbocycles. The Morgan fingerprint density at radius 3 is 2.58 bits per heavy atom. The lowest BCUT2D eigenvalue weighted by Crippen LogP contribution is -2.47. The van der Waals surface area contributed by atoms with E-state index in [1.165, 1.54) is 5.56 Å². The van der Waals surface area contributed by atoms with E-state index in [1.54, 1.807) is 0 Å². The molecule has 7 heteroatoms. The van der Waals surface area contributed by atoms with Gasteiger partial charge in [0.2, 0.25) is 0 Å². The van der Waals surface area contributed by atoms with Crippen LogP contribution in [-0.2, 0) is 14.6 Å². The number of nitrogens with one attached hydrogen (secondary N) is 1. The molecule has 26 heavy (non-hydrogen) atoms. The summed E-state index contributed by atoms with van der Waals surface area (Å²) in [5.41, 5.74) is 2.21. The number of anilines is 1. The Hall–Kier alpha value is -1.18. The van der Waals surface area contributed by atoms with Crippen molar-refractivity contribution in [3.8, 4) is 0 Å². The maximum Gasteiger partial charge on any atom is 0.173 e. The fourth-order valence-electron chi connectivity index (χ4n) is 3.57. The number of rotatable bonds is 5. The smallest absolute Gasteiger partial charge is 0.173 e. The minimum atomic E-state index is -2.97. The van der Waals surface area contributed by atoms with Crippen molar-refractivity contribution in [3.05, 3.63) is 29.8 Å². The van der Waals surface area contributed by atoms with Gasteiger partial charge in [0, 0.05) is 24.9 Å². The van der Waals surface area contributed by atoms with E-state index in [4.69, 9.17) is 17.0 Å². The summed E-state index contributed by atoms with van der Waals surface area (Å²) in [5.74, 6) is 0.898. The molecule has 0 unspecified atom stereocenters. The molecule has 144 valence electrons. The molecule has 1 N–H and O–H groups in total. The molecule has 0 aromatic heterocycles. The topological polar surface area (TPSA) is 58.6 Å². The minimum absolute atomic E-state index is 0.0702. The molecule has 0 aliphatic carbocycles. The van der Waals surface area contributed by atoms with Crippen molar-refractivity contribution in [2.75, 3.05) is 30.0 Å². The van der Waals surface area contributed by atoms with Crippen molar-refractivity contribution < 1.29 is 13.2 Å². The van der Waals surface area contributed by atoms with E-state index in [9.17, 15) is 8.42 Å². The Morgan fingerprint density at radius 1 is 1.31 bits per heavy atom. The van der Waals surface area contributed by atoms with E-state index in [-0.39, 0.29) is 23.7 Å². The molecule has 0 saturated carbocycles. The summed E-state index contributed by atoms with van der Waals surface area (Å²) >= 11 is 5.65. The van der Waals surface area contributed by atoms with Gasteiger partial charge in [-0.1, -0.05) is 26.0 Å². The second-order valence-corrected chi connectivity index (χ2v) is 10.2. The standard InChI is InChI=1S/C19H28N2O3S2/c1-14(2)15-5-7-16(8-6-15)20-19(25)21(12-18-4-3-10-24-18)17-9-11-26(22,23)13-17/h5-8,14,17-18H,3-4,9-13H2,1-2H3,(H,20,25)/t17-,18-/m0/s1. The third-order valence-corrected chi connectivity index (χ3v) is 7.25. The molecule has 2 heterocycles. The second kappa shape index (κ2) is 8.23. The molecule has 2 aliphatic heterocycles. The number of hydrogen-bond acceptors (Lipinski definition) is 4. The third kappa shape index (κ3) is 4.96. The van der Waals surface area contributed by atoms with Crippen LogP contribution in [0, 0.1) is 0 Å². The predicted molar refractivity (Wildman–Crippen MR) is 109 cm³/mol. The van der Waals surface area contributed by atoms with E-state index in [0.29, 0.717) is 24.0 Å². The Kier molecular flexibility index (Phi) is 6.20. The lowest BCUT2D eigenvalue weighted by Gasteiger charge is -2.33. The molecule has 2 aliphatic rings. The Morgan fingerprint density at radius 2 is 2.04 bits per heavy atom. The number of nitrogens with zero attached hydrogens (tertiary/aromatic N) is 1. The van der Waals surface area contributed by atoms with E-state index >= 15 is 0 Å². The SMILES string of the molecule is CC(C)c1ccc(NC(=S)N(C[C@@H]2CCCO2)[C@H]2CCS(=O)(=O)C2)cc1. The number of sulfone groups is 1. The van der Waals surface area contributed by atoms with Crippen LogP contribution < -0.4 is 5.32 Å². The van der Waals surface area contributed by atoms with E-state index in [1.807, 2.05) is 17.0 Å². The van der Waals surface area contributed by atoms with Gasteiger partial charge in [-0.25, -0.2) is 8.42 Å². The molecule has 0 amide bonds. The lowest BCUT2D eigenvalue weighted by molar-refractivity contribution is 0.0851. The molecule has 2 fully saturated rings. The first-order valence-corrected chi connectivity index (χ1v) is 11.6. The fraction of sp³-hybridized carbons (Fsp3) is 0.632. The first kappa shape index (κ1) is 19.6. The van der Waals surface area contributed by atoms with Gasteiger partial charge in [0.05, 0.1) is 17.6 Å². The van der Waals surface area contributed by atoms with Gasteiger partial charge in [-0.05, 0) is 55.1 Å². The highest BCUT2D eigenvalue weighted by Crippen LogP contribution is 2.23. The average molecular weight is 397 g/mol. The van der Waals surface area contributed by atoms with Crippen LogP contribution in [0.3, 0.4) is 0 Å². The summed E-state index contributed by atoms with van der Waals surface area (Å²) < 4.78 is 29.6. The van der Waals surface area contributed by atoms with Crippen LogP contribution in [0.5, 0.6) is 0 Å². The van der Waals surface area contributed by atoms with Crippen molar-refractivity contribution in [1.82, 2.24) is 4.90 Å². The maximum absolute atomic E-state index is 11.9. The zero-order chi connectivity index (χ0) is 18.7. The van der Waals surface area contributed by atoms with Gasteiger partial charge < -0.3 is 15.0 Å². The first-order valence-electron chi connectivity index (χ1n) is 9.33. The van der Waals surface area contributed by atoms with Crippen LogP contribution in [-0.4, -0.2) is 55.2 Å². The van der Waals surface area contributed by atoms with Gasteiger partial charge in [-0.3, -0.25) is 0 Å². The van der Waals surface area contributed by atoms with Gasteiger partial charge in [0.1, 0.15) is 0 Å². The summed E-state index contributed by atoms with van der Waals surface area (Å²) in [6.45, 7) is 5.75. The van der Waals surface area contributed by atoms with Gasteiger partial charge in [-0.2, -0.15) is 0 Å². The number of benzene rings is 1. The lowest BCUT2D eigenvalue weighted by atomic mass is 10.0. The summed E-state index contributed by atoms with van der Waals surface area (Å²) in [7, 11) is -2.97. The molecule has 0 radical (unpaired) electrons. The van der Waals surface area contributed by atoms with E-state index < -0.39 is 9.84 Å². The van der Waals surface area contributed by atoms with Crippen molar-refractivity contribution in [3.63, 3.8) is 0 Å². The van der Waals surface area contributed by atoms with Crippen LogP contribution in [0.15, 0.2) is 24.3 Å². The van der Waals surface area contributed by atoms with Gasteiger partial charge in [-0.15, -0.1) is 0 Å². The van der Waals surface area contributed by atoms with Crippen molar-refractivity contribution in [1.29, 1.82) is 0 Å². The monoisotopic (exact) mass is 396 g/mol. The number of thiocarbonyl (C=S) groups is 1. The summed E-state index contributed by atoms with van der Waals surface area (Å²) in [6, 6.07) is 8.17. The number of hydrogen-bond donors (Lipinski definition) is 1. The van der Waals surface area contributed by atoms with Crippen LogP contribution in [0.25, 0.3) is 0 Å². The van der Waals surface area contributed by atoms with Gasteiger partial charge in [0.25, 0.3) is 0 Å². The predicted octanol–water partition coefficient (Wildman–Crippen LogP) is 3.17. The normalized spacial score (nSPS) is 24.7. The summed E-state index contributed by atoms with van der Waals surface area (Å²) in [4.78, 5) is 2.03. The summed E-state index contributed by atoms with van der Waals surface area (Å²) in [6.07, 6.45) is 2.81. The zero-order valence-electron chi connectivity index (χ0n) is 15.5. The molecule has 1 aromatic rings.